The smallest absolute Gasteiger partial charge is 0.205 e. The molecule has 3 rings (SSSR count). The molecule has 1 aliphatic carbocycles. The van der Waals surface area contributed by atoms with Crippen LogP contribution in [0.1, 0.15) is 30.7 Å². The summed E-state index contributed by atoms with van der Waals surface area (Å²) in [6, 6.07) is 7.48. The molecule has 6 heteroatoms. The number of nitrogens with zero attached hydrogens (tertiary/aromatic N) is 1. The number of nitriles is 1. The average Bonchev–Trinajstić information content (AvgIpc) is 2.59. The first-order valence-electron chi connectivity index (χ1n) is 7.76. The van der Waals surface area contributed by atoms with Crippen LogP contribution in [0, 0.1) is 23.7 Å². The molecule has 1 aliphatic heterocycles. The van der Waals surface area contributed by atoms with Crippen molar-refractivity contribution < 1.29 is 14.3 Å². The number of ether oxygens (including phenoxy) is 2. The molecule has 1 atom stereocenters. The predicted molar refractivity (Wildman–Crippen MR) is 95.0 cm³/mol. The fraction of sp³-hybridized carbons (Fsp3) is 0.263. The maximum atomic E-state index is 12.5. The lowest BCUT2D eigenvalue weighted by molar-refractivity contribution is -0.116. The summed E-state index contributed by atoms with van der Waals surface area (Å²) in [6.07, 6.45) is 7.02. The minimum absolute atomic E-state index is 0.00437. The molecule has 0 bridgehead atoms. The maximum Gasteiger partial charge on any atom is 0.205 e. The number of Topliss-reactive ketones (excluding diaryl/α,β-unsaturated/α-hetero) is 1. The largest absolute Gasteiger partial charge is 0.480 e. The van der Waals surface area contributed by atoms with E-state index < -0.39 is 5.92 Å². The average molecular weight is 399 g/mol. The van der Waals surface area contributed by atoms with Crippen molar-refractivity contribution in [2.45, 2.75) is 25.2 Å². The quantitative estimate of drug-likeness (QED) is 0.789. The first kappa shape index (κ1) is 17.1. The van der Waals surface area contributed by atoms with E-state index in [0.717, 1.165) is 12.0 Å². The summed E-state index contributed by atoms with van der Waals surface area (Å²) >= 11 is 3.45. The first-order chi connectivity index (χ1) is 12.1. The van der Waals surface area contributed by atoms with E-state index in [1.165, 1.54) is 0 Å². The van der Waals surface area contributed by atoms with Crippen LogP contribution in [0.3, 0.4) is 0 Å². The fourth-order valence-corrected chi connectivity index (χ4v) is 3.63. The van der Waals surface area contributed by atoms with Crippen molar-refractivity contribution in [2.75, 3.05) is 6.61 Å². The normalized spacial score (nSPS) is 19.6. The van der Waals surface area contributed by atoms with Crippen LogP contribution in [-0.4, -0.2) is 12.4 Å². The highest BCUT2D eigenvalue weighted by molar-refractivity contribution is 9.10. The Hall–Kier alpha value is -2.70. The molecule has 2 aliphatic rings. The summed E-state index contributed by atoms with van der Waals surface area (Å²) in [5.74, 6) is 3.10. The number of allylic oxidation sites excluding steroid dienone is 3. The van der Waals surface area contributed by atoms with Gasteiger partial charge in [-0.15, -0.1) is 6.42 Å². The van der Waals surface area contributed by atoms with E-state index in [0.29, 0.717) is 34.4 Å². The molecule has 0 saturated heterocycles. The van der Waals surface area contributed by atoms with Crippen LogP contribution in [0.5, 0.6) is 5.75 Å². The van der Waals surface area contributed by atoms with Gasteiger partial charge in [-0.3, -0.25) is 4.79 Å². The fourth-order valence-electron chi connectivity index (χ4n) is 3.12. The molecular weight excluding hydrogens is 384 g/mol. The third kappa shape index (κ3) is 3.14. The SMILES string of the molecule is C#CCOc1ccc([C@H]2C(C#N)=C(N)OC3=C2C(=O)CCC3)cc1Br. The summed E-state index contributed by atoms with van der Waals surface area (Å²) in [5.41, 5.74) is 7.48. The molecule has 25 heavy (non-hydrogen) atoms. The lowest BCUT2D eigenvalue weighted by Gasteiger charge is -2.31. The van der Waals surface area contributed by atoms with E-state index in [1.54, 1.807) is 6.07 Å². The molecule has 1 heterocycles. The topological polar surface area (TPSA) is 85.3 Å². The van der Waals surface area contributed by atoms with Gasteiger partial charge in [0, 0.05) is 18.4 Å². The number of hydrogen-bond donors (Lipinski definition) is 1. The van der Waals surface area contributed by atoms with E-state index in [4.69, 9.17) is 21.6 Å². The summed E-state index contributed by atoms with van der Waals surface area (Å²) in [6.45, 7) is 0.152. The Kier molecular flexibility index (Phi) is 4.83. The Morgan fingerprint density at radius 2 is 2.24 bits per heavy atom. The third-order valence-electron chi connectivity index (χ3n) is 4.21. The molecule has 0 amide bonds. The molecule has 5 nitrogen and oxygen atoms in total. The molecule has 0 fully saturated rings. The number of carbonyl (C=O) groups excluding carboxylic acids is 1. The monoisotopic (exact) mass is 398 g/mol. The standard InChI is InChI=1S/C19H15BrN2O3/c1-2-8-24-15-7-6-11(9-13(15)20)17-12(10-21)19(22)25-16-5-3-4-14(23)18(16)17/h1,6-7,9,17H,3-5,8,22H2/t17-/m0/s1. The van der Waals surface area contributed by atoms with Gasteiger partial charge < -0.3 is 15.2 Å². The van der Waals surface area contributed by atoms with Crippen molar-refractivity contribution in [3.63, 3.8) is 0 Å². The van der Waals surface area contributed by atoms with E-state index in [-0.39, 0.29) is 23.8 Å². The van der Waals surface area contributed by atoms with Crippen molar-refractivity contribution in [1.82, 2.24) is 0 Å². The van der Waals surface area contributed by atoms with Gasteiger partial charge in [0.1, 0.15) is 29.8 Å². The summed E-state index contributed by atoms with van der Waals surface area (Å²) in [4.78, 5) is 12.5. The predicted octanol–water partition coefficient (Wildman–Crippen LogP) is 3.28. The second-order valence-corrected chi connectivity index (χ2v) is 6.58. The summed E-state index contributed by atoms with van der Waals surface area (Å²) in [5, 5.41) is 9.55. The molecular formula is C19H15BrN2O3. The van der Waals surface area contributed by atoms with Gasteiger partial charge in [-0.05, 0) is 40.0 Å². The van der Waals surface area contributed by atoms with Gasteiger partial charge in [-0.25, -0.2) is 0 Å². The van der Waals surface area contributed by atoms with Crippen LogP contribution in [-0.2, 0) is 9.53 Å². The highest BCUT2D eigenvalue weighted by Gasteiger charge is 2.38. The van der Waals surface area contributed by atoms with Gasteiger partial charge in [-0.2, -0.15) is 5.26 Å². The minimum Gasteiger partial charge on any atom is -0.480 e. The zero-order valence-electron chi connectivity index (χ0n) is 13.3. The Morgan fingerprint density at radius 3 is 2.92 bits per heavy atom. The zero-order chi connectivity index (χ0) is 18.0. The number of nitrogens with two attached hydrogens (primary N) is 1. The highest BCUT2D eigenvalue weighted by Crippen LogP contribution is 2.44. The Balaban J connectivity index is 2.08. The van der Waals surface area contributed by atoms with Crippen LogP contribution in [0.25, 0.3) is 0 Å². The van der Waals surface area contributed by atoms with Gasteiger partial charge >= 0.3 is 0 Å². The van der Waals surface area contributed by atoms with Crippen LogP contribution in [0.4, 0.5) is 0 Å². The molecule has 1 aromatic carbocycles. The Bertz CT molecular complexity index is 887. The molecule has 126 valence electrons. The van der Waals surface area contributed by atoms with Crippen molar-refractivity contribution in [1.29, 1.82) is 5.26 Å². The lowest BCUT2D eigenvalue weighted by Crippen LogP contribution is -2.27. The third-order valence-corrected chi connectivity index (χ3v) is 4.82. The number of benzene rings is 1. The van der Waals surface area contributed by atoms with Crippen molar-refractivity contribution in [3.8, 4) is 24.2 Å². The Morgan fingerprint density at radius 1 is 1.44 bits per heavy atom. The minimum atomic E-state index is -0.528. The molecule has 2 N–H and O–H groups in total. The number of ketones is 1. The van der Waals surface area contributed by atoms with Crippen molar-refractivity contribution >= 4 is 21.7 Å². The van der Waals surface area contributed by atoms with Gasteiger partial charge in [0.05, 0.1) is 10.4 Å². The van der Waals surface area contributed by atoms with Crippen LogP contribution in [0.2, 0.25) is 0 Å². The molecule has 0 saturated carbocycles. The molecule has 1 aromatic rings. The number of hydrogen-bond acceptors (Lipinski definition) is 5. The van der Waals surface area contributed by atoms with Gasteiger partial charge in [0.2, 0.25) is 5.88 Å². The second-order valence-electron chi connectivity index (χ2n) is 5.72. The first-order valence-corrected chi connectivity index (χ1v) is 8.55. The van der Waals surface area contributed by atoms with Gasteiger partial charge in [-0.1, -0.05) is 12.0 Å². The van der Waals surface area contributed by atoms with Gasteiger partial charge in [0.15, 0.2) is 5.78 Å². The van der Waals surface area contributed by atoms with Crippen molar-refractivity contribution in [3.05, 3.63) is 51.0 Å². The van der Waals surface area contributed by atoms with Gasteiger partial charge in [0.25, 0.3) is 0 Å². The second kappa shape index (κ2) is 7.04. The summed E-state index contributed by atoms with van der Waals surface area (Å²) < 4.78 is 11.7. The zero-order valence-corrected chi connectivity index (χ0v) is 14.9. The van der Waals surface area contributed by atoms with E-state index in [2.05, 4.69) is 27.9 Å². The van der Waals surface area contributed by atoms with E-state index >= 15 is 0 Å². The van der Waals surface area contributed by atoms with Crippen LogP contribution >= 0.6 is 15.9 Å². The van der Waals surface area contributed by atoms with E-state index in [1.807, 2.05) is 12.1 Å². The van der Waals surface area contributed by atoms with Crippen molar-refractivity contribution in [2.24, 2.45) is 5.73 Å². The Labute approximate surface area is 154 Å². The van der Waals surface area contributed by atoms with Crippen LogP contribution < -0.4 is 10.5 Å². The molecule has 0 aromatic heterocycles. The lowest BCUT2D eigenvalue weighted by atomic mass is 9.77. The molecule has 0 unspecified atom stereocenters. The van der Waals surface area contributed by atoms with E-state index in [9.17, 15) is 10.1 Å². The number of carbonyl (C=O) groups is 1. The van der Waals surface area contributed by atoms with Crippen LogP contribution in [0.15, 0.2) is 45.5 Å². The summed E-state index contributed by atoms with van der Waals surface area (Å²) in [7, 11) is 0. The number of halogens is 1. The maximum absolute atomic E-state index is 12.5. The highest BCUT2D eigenvalue weighted by atomic mass is 79.9. The number of rotatable bonds is 3. The molecule has 0 radical (unpaired) electrons. The molecule has 0 spiro atoms. The number of terminal acetylenes is 1.